The van der Waals surface area contributed by atoms with E-state index in [1.165, 1.54) is 4.90 Å². The van der Waals surface area contributed by atoms with E-state index in [-0.39, 0.29) is 24.5 Å². The van der Waals surface area contributed by atoms with Crippen LogP contribution in [0, 0.1) is 5.92 Å². The van der Waals surface area contributed by atoms with Crippen LogP contribution in [0.25, 0.3) is 0 Å². The van der Waals surface area contributed by atoms with Gasteiger partial charge in [-0.15, -0.1) is 0 Å². The Bertz CT molecular complexity index is 323. The van der Waals surface area contributed by atoms with Gasteiger partial charge in [-0.1, -0.05) is 0 Å². The van der Waals surface area contributed by atoms with Gasteiger partial charge in [0.05, 0.1) is 32.3 Å². The first kappa shape index (κ1) is 12.3. The average Bonchev–Trinajstić information content (AvgIpc) is 2.74. The summed E-state index contributed by atoms with van der Waals surface area (Å²) in [5.74, 6) is -1.09. The molecule has 2 fully saturated rings. The Morgan fingerprint density at radius 2 is 1.94 bits per heavy atom. The molecule has 4 N–H and O–H groups in total. The number of hydrogen-bond donors (Lipinski definition) is 2. The van der Waals surface area contributed by atoms with E-state index in [9.17, 15) is 9.59 Å². The van der Waals surface area contributed by atoms with Crippen LogP contribution in [0.5, 0.6) is 0 Å². The molecule has 0 aromatic carbocycles. The van der Waals surface area contributed by atoms with Crippen molar-refractivity contribution in [2.75, 3.05) is 33.0 Å². The second kappa shape index (κ2) is 4.99. The van der Waals surface area contributed by atoms with Crippen molar-refractivity contribution in [1.82, 2.24) is 4.90 Å². The number of hydrogen-bond acceptors (Lipinski definition) is 5. The van der Waals surface area contributed by atoms with Crippen molar-refractivity contribution in [3.63, 3.8) is 0 Å². The Morgan fingerprint density at radius 1 is 1.18 bits per heavy atom. The van der Waals surface area contributed by atoms with Gasteiger partial charge in [0, 0.05) is 12.6 Å². The average molecular weight is 243 g/mol. The number of carbonyl (C=O) groups is 2. The van der Waals surface area contributed by atoms with Crippen LogP contribution in [0.3, 0.4) is 0 Å². The molecule has 2 aliphatic rings. The molecule has 0 bridgehead atoms. The minimum Gasteiger partial charge on any atom is -0.379 e. The maximum Gasteiger partial charge on any atom is 0.242 e. The summed E-state index contributed by atoms with van der Waals surface area (Å²) in [4.78, 5) is 24.9. The Labute approximate surface area is 99.0 Å². The standard InChI is InChI=1S/C10H17N3O4/c11-7-4-17-3-6(7)10(15)13-1-2-16-5-8(13)9(12)14/h6-8H,1-5,11H2,(H2,12,14). The molecule has 0 aliphatic carbocycles. The molecule has 0 radical (unpaired) electrons. The van der Waals surface area contributed by atoms with Crippen molar-refractivity contribution >= 4 is 11.8 Å². The molecule has 2 amide bonds. The third kappa shape index (κ3) is 2.41. The van der Waals surface area contributed by atoms with E-state index in [4.69, 9.17) is 20.9 Å². The van der Waals surface area contributed by atoms with Gasteiger partial charge in [-0.2, -0.15) is 0 Å². The van der Waals surface area contributed by atoms with Gasteiger partial charge >= 0.3 is 0 Å². The van der Waals surface area contributed by atoms with Crippen molar-refractivity contribution in [2.24, 2.45) is 17.4 Å². The molecule has 2 saturated heterocycles. The van der Waals surface area contributed by atoms with Gasteiger partial charge in [-0.25, -0.2) is 0 Å². The zero-order chi connectivity index (χ0) is 12.4. The molecule has 0 spiro atoms. The molecule has 0 saturated carbocycles. The minimum absolute atomic E-state index is 0.157. The van der Waals surface area contributed by atoms with Gasteiger partial charge in [-0.05, 0) is 0 Å². The van der Waals surface area contributed by atoms with E-state index in [1.807, 2.05) is 0 Å². The molecular formula is C10H17N3O4. The zero-order valence-electron chi connectivity index (χ0n) is 9.50. The Morgan fingerprint density at radius 3 is 2.53 bits per heavy atom. The van der Waals surface area contributed by atoms with Gasteiger partial charge in [0.15, 0.2) is 0 Å². The highest BCUT2D eigenvalue weighted by Gasteiger charge is 2.39. The predicted octanol–water partition coefficient (Wildman–Crippen LogP) is -2.33. The monoisotopic (exact) mass is 243 g/mol. The normalized spacial score (nSPS) is 33.7. The molecular weight excluding hydrogens is 226 g/mol. The minimum atomic E-state index is -0.691. The largest absolute Gasteiger partial charge is 0.379 e. The van der Waals surface area contributed by atoms with Crippen LogP contribution in [0.1, 0.15) is 0 Å². The van der Waals surface area contributed by atoms with Crippen LogP contribution in [0.4, 0.5) is 0 Å². The number of nitrogens with two attached hydrogens (primary N) is 2. The van der Waals surface area contributed by atoms with Crippen LogP contribution >= 0.6 is 0 Å². The number of morpholine rings is 1. The fraction of sp³-hybridized carbons (Fsp3) is 0.800. The maximum absolute atomic E-state index is 12.2. The fourth-order valence-electron chi connectivity index (χ4n) is 2.14. The lowest BCUT2D eigenvalue weighted by Gasteiger charge is -2.35. The highest BCUT2D eigenvalue weighted by atomic mass is 16.5. The number of rotatable bonds is 2. The highest BCUT2D eigenvalue weighted by Crippen LogP contribution is 2.18. The summed E-state index contributed by atoms with van der Waals surface area (Å²) in [6, 6.07) is -0.997. The molecule has 2 heterocycles. The van der Waals surface area contributed by atoms with Crippen molar-refractivity contribution < 1.29 is 19.1 Å². The third-order valence-corrected chi connectivity index (χ3v) is 3.18. The summed E-state index contributed by atoms with van der Waals surface area (Å²) >= 11 is 0. The Hall–Kier alpha value is -1.18. The van der Waals surface area contributed by atoms with E-state index < -0.39 is 11.9 Å². The SMILES string of the molecule is NC(=O)C1COCCN1C(=O)C1COCC1N. The first-order chi connectivity index (χ1) is 8.11. The van der Waals surface area contributed by atoms with Gasteiger partial charge in [0.2, 0.25) is 11.8 Å². The first-order valence-corrected chi connectivity index (χ1v) is 5.62. The van der Waals surface area contributed by atoms with Gasteiger partial charge in [0.25, 0.3) is 0 Å². The number of nitrogens with zero attached hydrogens (tertiary/aromatic N) is 1. The Kier molecular flexibility index (Phi) is 3.60. The summed E-state index contributed by atoms with van der Waals surface area (Å²) in [5, 5.41) is 0. The van der Waals surface area contributed by atoms with Crippen molar-refractivity contribution in [1.29, 1.82) is 0 Å². The topological polar surface area (TPSA) is 108 Å². The Balaban J connectivity index is 2.08. The van der Waals surface area contributed by atoms with Crippen molar-refractivity contribution in [2.45, 2.75) is 12.1 Å². The van der Waals surface area contributed by atoms with Crippen LogP contribution < -0.4 is 11.5 Å². The van der Waals surface area contributed by atoms with Gasteiger partial charge < -0.3 is 25.8 Å². The zero-order valence-corrected chi connectivity index (χ0v) is 9.50. The summed E-state index contributed by atoms with van der Waals surface area (Å²) < 4.78 is 10.3. The van der Waals surface area contributed by atoms with Crippen LogP contribution in [0.2, 0.25) is 0 Å². The number of ether oxygens (including phenoxy) is 2. The molecule has 2 rings (SSSR count). The second-order valence-electron chi connectivity index (χ2n) is 4.33. The second-order valence-corrected chi connectivity index (χ2v) is 4.33. The maximum atomic E-state index is 12.2. The summed E-state index contributed by atoms with van der Waals surface area (Å²) in [5.41, 5.74) is 11.0. The quantitative estimate of drug-likeness (QED) is 0.565. The lowest BCUT2D eigenvalue weighted by molar-refractivity contribution is -0.150. The van der Waals surface area contributed by atoms with Crippen LogP contribution in [-0.2, 0) is 19.1 Å². The lowest BCUT2D eigenvalue weighted by Crippen LogP contribution is -2.57. The van der Waals surface area contributed by atoms with Gasteiger partial charge in [-0.3, -0.25) is 9.59 Å². The van der Waals surface area contributed by atoms with Gasteiger partial charge in [0.1, 0.15) is 6.04 Å². The molecule has 3 unspecified atom stereocenters. The highest BCUT2D eigenvalue weighted by molar-refractivity contribution is 5.88. The van der Waals surface area contributed by atoms with Crippen molar-refractivity contribution in [3.8, 4) is 0 Å². The number of amides is 2. The van der Waals surface area contributed by atoms with E-state index >= 15 is 0 Å². The van der Waals surface area contributed by atoms with Crippen LogP contribution in [-0.4, -0.2) is 61.8 Å². The number of primary amides is 1. The molecule has 7 nitrogen and oxygen atoms in total. The van der Waals surface area contributed by atoms with Crippen molar-refractivity contribution in [3.05, 3.63) is 0 Å². The smallest absolute Gasteiger partial charge is 0.242 e. The predicted molar refractivity (Wildman–Crippen MR) is 57.8 cm³/mol. The molecule has 7 heteroatoms. The lowest BCUT2D eigenvalue weighted by atomic mass is 10.0. The first-order valence-electron chi connectivity index (χ1n) is 5.62. The summed E-state index contributed by atoms with van der Waals surface area (Å²) in [6.07, 6.45) is 0. The third-order valence-electron chi connectivity index (χ3n) is 3.18. The molecule has 17 heavy (non-hydrogen) atoms. The molecule has 3 atom stereocenters. The fourth-order valence-corrected chi connectivity index (χ4v) is 2.14. The summed E-state index contributed by atoms with van der Waals surface area (Å²) in [6.45, 7) is 1.63. The van der Waals surface area contributed by atoms with E-state index in [0.717, 1.165) is 0 Å². The van der Waals surface area contributed by atoms with Crippen LogP contribution in [0.15, 0.2) is 0 Å². The molecule has 96 valence electrons. The molecule has 2 aliphatic heterocycles. The molecule has 0 aromatic heterocycles. The number of carbonyl (C=O) groups excluding carboxylic acids is 2. The summed E-state index contributed by atoms with van der Waals surface area (Å²) in [7, 11) is 0. The van der Waals surface area contributed by atoms with E-state index in [0.29, 0.717) is 26.4 Å². The molecule has 0 aromatic rings. The van der Waals surface area contributed by atoms with E-state index in [2.05, 4.69) is 0 Å². The van der Waals surface area contributed by atoms with E-state index in [1.54, 1.807) is 0 Å².